The van der Waals surface area contributed by atoms with Crippen molar-refractivity contribution in [1.82, 2.24) is 5.32 Å². The number of hydrogen-bond donors (Lipinski definition) is 1. The van der Waals surface area contributed by atoms with E-state index < -0.39 is 0 Å². The molecule has 11 heavy (non-hydrogen) atoms. The molecule has 1 heterocycles. The molecule has 0 saturated carbocycles. The standard InChI is InChI=1S/C9H10IN/c10-9-2-1-8-6-11-4-3-7(8)5-9/h1-2,5,11H,3-4,6H2. The molecule has 2 heteroatoms. The van der Waals surface area contributed by atoms with Gasteiger partial charge in [-0.05, 0) is 58.8 Å². The zero-order valence-corrected chi connectivity index (χ0v) is 8.39. The first-order valence-corrected chi connectivity index (χ1v) is 4.92. The van der Waals surface area contributed by atoms with Crippen LogP contribution in [0.1, 0.15) is 11.1 Å². The third-order valence-corrected chi connectivity index (χ3v) is 2.73. The van der Waals surface area contributed by atoms with Crippen molar-refractivity contribution >= 4 is 22.6 Å². The summed E-state index contributed by atoms with van der Waals surface area (Å²) in [6.45, 7) is 2.18. The van der Waals surface area contributed by atoms with Crippen LogP contribution in [0.15, 0.2) is 18.2 Å². The number of fused-ring (bicyclic) bond motifs is 1. The molecular weight excluding hydrogens is 249 g/mol. The monoisotopic (exact) mass is 259 g/mol. The molecule has 2 rings (SSSR count). The van der Waals surface area contributed by atoms with Crippen LogP contribution in [-0.4, -0.2) is 6.54 Å². The molecular formula is C9H10IN. The maximum atomic E-state index is 3.36. The molecule has 1 N–H and O–H groups in total. The van der Waals surface area contributed by atoms with Gasteiger partial charge >= 0.3 is 0 Å². The number of hydrogen-bond acceptors (Lipinski definition) is 1. The van der Waals surface area contributed by atoms with Gasteiger partial charge in [0.25, 0.3) is 0 Å². The van der Waals surface area contributed by atoms with Gasteiger partial charge in [0.1, 0.15) is 0 Å². The fraction of sp³-hybridized carbons (Fsp3) is 0.333. The molecule has 0 unspecified atom stereocenters. The molecule has 0 bridgehead atoms. The molecule has 0 amide bonds. The smallest absolute Gasteiger partial charge is 0.0208 e. The lowest BCUT2D eigenvalue weighted by Gasteiger charge is -2.16. The largest absolute Gasteiger partial charge is 0.312 e. The Labute approximate surface area is 80.3 Å². The van der Waals surface area contributed by atoms with Crippen LogP contribution in [0, 0.1) is 3.57 Å². The van der Waals surface area contributed by atoms with Crippen molar-refractivity contribution in [3.63, 3.8) is 0 Å². The van der Waals surface area contributed by atoms with Crippen molar-refractivity contribution in [3.05, 3.63) is 32.9 Å². The van der Waals surface area contributed by atoms with E-state index in [4.69, 9.17) is 0 Å². The lowest BCUT2D eigenvalue weighted by molar-refractivity contribution is 0.643. The lowest BCUT2D eigenvalue weighted by Crippen LogP contribution is -2.23. The summed E-state index contributed by atoms with van der Waals surface area (Å²) in [4.78, 5) is 0. The van der Waals surface area contributed by atoms with Crippen molar-refractivity contribution in [2.45, 2.75) is 13.0 Å². The Morgan fingerprint density at radius 2 is 2.18 bits per heavy atom. The minimum absolute atomic E-state index is 1.05. The number of benzene rings is 1. The average Bonchev–Trinajstić information content (AvgIpc) is 2.04. The molecule has 0 radical (unpaired) electrons. The minimum Gasteiger partial charge on any atom is -0.312 e. The van der Waals surface area contributed by atoms with E-state index in [1.165, 1.54) is 21.1 Å². The number of halogens is 1. The summed E-state index contributed by atoms with van der Waals surface area (Å²) in [5.74, 6) is 0. The molecule has 0 aliphatic carbocycles. The third-order valence-electron chi connectivity index (χ3n) is 2.05. The summed E-state index contributed by atoms with van der Waals surface area (Å²) in [5.41, 5.74) is 2.99. The molecule has 0 saturated heterocycles. The summed E-state index contributed by atoms with van der Waals surface area (Å²) < 4.78 is 1.35. The number of rotatable bonds is 0. The van der Waals surface area contributed by atoms with E-state index in [2.05, 4.69) is 46.1 Å². The Hall–Kier alpha value is -0.0900. The van der Waals surface area contributed by atoms with Gasteiger partial charge in [0, 0.05) is 10.1 Å². The topological polar surface area (TPSA) is 12.0 Å². The number of nitrogens with one attached hydrogen (secondary N) is 1. The van der Waals surface area contributed by atoms with Crippen LogP contribution >= 0.6 is 22.6 Å². The van der Waals surface area contributed by atoms with Gasteiger partial charge < -0.3 is 5.32 Å². The Balaban J connectivity index is 2.43. The Kier molecular flexibility index (Phi) is 2.13. The van der Waals surface area contributed by atoms with Gasteiger partial charge in [-0.3, -0.25) is 0 Å². The van der Waals surface area contributed by atoms with Crippen LogP contribution in [-0.2, 0) is 13.0 Å². The van der Waals surface area contributed by atoms with E-state index in [-0.39, 0.29) is 0 Å². The van der Waals surface area contributed by atoms with Gasteiger partial charge in [-0.25, -0.2) is 0 Å². The first-order chi connectivity index (χ1) is 5.36. The highest BCUT2D eigenvalue weighted by atomic mass is 127. The van der Waals surface area contributed by atoms with Crippen molar-refractivity contribution in [1.29, 1.82) is 0 Å². The summed E-state index contributed by atoms with van der Waals surface area (Å²) in [5, 5.41) is 3.36. The second-order valence-corrected chi connectivity index (χ2v) is 4.09. The molecule has 1 nitrogen and oxygen atoms in total. The molecule has 1 aromatic rings. The van der Waals surface area contributed by atoms with Crippen molar-refractivity contribution in [2.24, 2.45) is 0 Å². The van der Waals surface area contributed by atoms with Crippen molar-refractivity contribution in [2.75, 3.05) is 6.54 Å². The molecule has 0 aromatic heterocycles. The van der Waals surface area contributed by atoms with Gasteiger partial charge in [0.15, 0.2) is 0 Å². The van der Waals surface area contributed by atoms with Crippen LogP contribution < -0.4 is 5.32 Å². The summed E-state index contributed by atoms with van der Waals surface area (Å²) in [6, 6.07) is 6.69. The van der Waals surface area contributed by atoms with Gasteiger partial charge in [0.05, 0.1) is 0 Å². The van der Waals surface area contributed by atoms with Crippen LogP contribution in [0.2, 0.25) is 0 Å². The molecule has 0 atom stereocenters. The van der Waals surface area contributed by atoms with Crippen LogP contribution in [0.4, 0.5) is 0 Å². The molecule has 1 aromatic carbocycles. The highest BCUT2D eigenvalue weighted by Gasteiger charge is 2.07. The second kappa shape index (κ2) is 3.11. The predicted octanol–water partition coefficient (Wildman–Crippen LogP) is 1.94. The zero-order chi connectivity index (χ0) is 7.68. The van der Waals surface area contributed by atoms with Gasteiger partial charge in [0.2, 0.25) is 0 Å². The van der Waals surface area contributed by atoms with E-state index in [0.717, 1.165) is 13.1 Å². The fourth-order valence-corrected chi connectivity index (χ4v) is 2.00. The maximum Gasteiger partial charge on any atom is 0.0208 e. The summed E-state index contributed by atoms with van der Waals surface area (Å²) in [7, 11) is 0. The van der Waals surface area contributed by atoms with E-state index >= 15 is 0 Å². The third kappa shape index (κ3) is 1.56. The van der Waals surface area contributed by atoms with Gasteiger partial charge in [-0.2, -0.15) is 0 Å². The minimum atomic E-state index is 1.05. The first-order valence-electron chi connectivity index (χ1n) is 3.84. The fourth-order valence-electron chi connectivity index (χ4n) is 1.45. The highest BCUT2D eigenvalue weighted by Crippen LogP contribution is 2.16. The summed E-state index contributed by atoms with van der Waals surface area (Å²) in [6.07, 6.45) is 1.19. The van der Waals surface area contributed by atoms with Crippen LogP contribution in [0.3, 0.4) is 0 Å². The van der Waals surface area contributed by atoms with Gasteiger partial charge in [-0.1, -0.05) is 6.07 Å². The van der Waals surface area contributed by atoms with Crippen LogP contribution in [0.25, 0.3) is 0 Å². The van der Waals surface area contributed by atoms with E-state index in [1.807, 2.05) is 0 Å². The Bertz CT molecular complexity index is 270. The Morgan fingerprint density at radius 3 is 3.09 bits per heavy atom. The zero-order valence-electron chi connectivity index (χ0n) is 6.23. The SMILES string of the molecule is Ic1ccc2c(c1)CCNC2. The predicted molar refractivity (Wildman–Crippen MR) is 54.6 cm³/mol. The van der Waals surface area contributed by atoms with E-state index in [9.17, 15) is 0 Å². The molecule has 1 aliphatic rings. The molecule has 0 spiro atoms. The normalized spacial score (nSPS) is 16.1. The average molecular weight is 259 g/mol. The van der Waals surface area contributed by atoms with Gasteiger partial charge in [-0.15, -0.1) is 0 Å². The first kappa shape index (κ1) is 7.55. The van der Waals surface area contributed by atoms with Crippen LogP contribution in [0.5, 0.6) is 0 Å². The summed E-state index contributed by atoms with van der Waals surface area (Å²) >= 11 is 2.37. The van der Waals surface area contributed by atoms with E-state index in [1.54, 1.807) is 0 Å². The van der Waals surface area contributed by atoms with Crippen molar-refractivity contribution in [3.8, 4) is 0 Å². The quantitative estimate of drug-likeness (QED) is 0.702. The van der Waals surface area contributed by atoms with E-state index in [0.29, 0.717) is 0 Å². The molecule has 58 valence electrons. The second-order valence-electron chi connectivity index (χ2n) is 2.84. The van der Waals surface area contributed by atoms with Crippen molar-refractivity contribution < 1.29 is 0 Å². The highest BCUT2D eigenvalue weighted by molar-refractivity contribution is 14.1. The maximum absolute atomic E-state index is 3.36. The molecule has 0 fully saturated rings. The Morgan fingerprint density at radius 1 is 1.27 bits per heavy atom. The lowest BCUT2D eigenvalue weighted by atomic mass is 10.0. The molecule has 1 aliphatic heterocycles.